The summed E-state index contributed by atoms with van der Waals surface area (Å²) in [6.45, 7) is 4.89. The maximum absolute atomic E-state index is 16.0. The SMILES string of the molecule is COC(=O)[C@]1(OC(C)=O)O[C@H]([C@H](OC(C)=O)[C@@H](COC(C)=O)OC(C)=O)[C@H](NC(C)=O)[C@H](OC(C)=O)[C@H]1F. The Bertz CT molecular complexity index is 954. The minimum Gasteiger partial charge on any atom is -0.464 e. The Labute approximate surface area is 216 Å². The van der Waals surface area contributed by atoms with Crippen molar-refractivity contribution in [3.8, 4) is 0 Å². The van der Waals surface area contributed by atoms with Gasteiger partial charge >= 0.3 is 41.6 Å². The van der Waals surface area contributed by atoms with E-state index in [1.807, 2.05) is 0 Å². The number of amides is 1. The average molecular weight is 551 g/mol. The molecule has 0 aromatic carbocycles. The molecule has 1 amide bonds. The molecule has 0 saturated carbocycles. The van der Waals surface area contributed by atoms with Crippen LogP contribution in [0.2, 0.25) is 0 Å². The van der Waals surface area contributed by atoms with Gasteiger partial charge in [0.1, 0.15) is 12.7 Å². The largest absolute Gasteiger partial charge is 0.464 e. The molecule has 1 rings (SSSR count). The predicted octanol–water partition coefficient (Wildman–Crippen LogP) is -0.981. The van der Waals surface area contributed by atoms with Crippen LogP contribution in [0.1, 0.15) is 41.5 Å². The number of rotatable bonds is 10. The summed E-state index contributed by atoms with van der Waals surface area (Å²) in [6.07, 6.45) is -10.4. The summed E-state index contributed by atoms with van der Waals surface area (Å²) in [4.78, 5) is 84.0. The van der Waals surface area contributed by atoms with Crippen molar-refractivity contribution < 1.29 is 71.1 Å². The molecule has 214 valence electrons. The molecule has 7 atom stereocenters. The van der Waals surface area contributed by atoms with Gasteiger partial charge < -0.3 is 38.5 Å². The van der Waals surface area contributed by atoms with E-state index in [1.165, 1.54) is 0 Å². The highest BCUT2D eigenvalue weighted by Gasteiger charge is 2.67. The van der Waals surface area contributed by atoms with Crippen LogP contribution in [-0.2, 0) is 66.7 Å². The van der Waals surface area contributed by atoms with Crippen molar-refractivity contribution in [2.24, 2.45) is 0 Å². The van der Waals surface area contributed by atoms with E-state index in [9.17, 15) is 33.6 Å². The highest BCUT2D eigenvalue weighted by molar-refractivity contribution is 5.83. The van der Waals surface area contributed by atoms with Gasteiger partial charge in [-0.05, 0) is 0 Å². The summed E-state index contributed by atoms with van der Waals surface area (Å²) in [5, 5.41) is 2.28. The van der Waals surface area contributed by atoms with Crippen LogP contribution in [0.5, 0.6) is 0 Å². The van der Waals surface area contributed by atoms with Gasteiger partial charge in [0, 0.05) is 41.5 Å². The molecule has 0 aromatic rings. The summed E-state index contributed by atoms with van der Waals surface area (Å²) in [5.41, 5.74) is 0. The van der Waals surface area contributed by atoms with E-state index >= 15 is 4.39 Å². The standard InChI is InChI=1S/C22H30FNO14/c1-9(25)24-16-18(17(35-12(4)28)15(34-11(3)27)8-33-10(2)26)38-22(21(31)32-7,37-14(6)30)20(23)19(16)36-13(5)29/h15-20H,8H2,1-7H3,(H,24,25)/t15-,16+,17-,18+,19+,20-,22-/m1/s1. The van der Waals surface area contributed by atoms with Gasteiger partial charge in [0.2, 0.25) is 12.1 Å². The molecule has 15 nitrogen and oxygen atoms in total. The first-order valence-corrected chi connectivity index (χ1v) is 11.1. The number of halogens is 1. The monoisotopic (exact) mass is 551 g/mol. The number of hydrogen-bond donors (Lipinski definition) is 1. The Kier molecular flexibility index (Phi) is 11.6. The molecule has 1 aliphatic heterocycles. The van der Waals surface area contributed by atoms with Gasteiger partial charge in [-0.25, -0.2) is 9.18 Å². The van der Waals surface area contributed by atoms with Crippen molar-refractivity contribution in [2.45, 2.75) is 84.0 Å². The fourth-order valence-electron chi connectivity index (χ4n) is 3.71. The van der Waals surface area contributed by atoms with Crippen LogP contribution < -0.4 is 5.32 Å². The van der Waals surface area contributed by atoms with Crippen molar-refractivity contribution in [3.63, 3.8) is 0 Å². The molecule has 1 saturated heterocycles. The van der Waals surface area contributed by atoms with Crippen molar-refractivity contribution in [2.75, 3.05) is 13.7 Å². The zero-order chi connectivity index (χ0) is 29.4. The predicted molar refractivity (Wildman–Crippen MR) is 117 cm³/mol. The number of nitrogens with one attached hydrogen (secondary N) is 1. The lowest BCUT2D eigenvalue weighted by molar-refractivity contribution is -0.326. The molecule has 0 aliphatic carbocycles. The molecule has 0 radical (unpaired) electrons. The van der Waals surface area contributed by atoms with Crippen LogP contribution in [0, 0.1) is 0 Å². The Balaban J connectivity index is 3.93. The molecule has 16 heteroatoms. The zero-order valence-corrected chi connectivity index (χ0v) is 21.8. The average Bonchev–Trinajstić information content (AvgIpc) is 2.77. The van der Waals surface area contributed by atoms with Crippen molar-refractivity contribution in [1.29, 1.82) is 0 Å². The Morgan fingerprint density at radius 3 is 1.87 bits per heavy atom. The van der Waals surface area contributed by atoms with Crippen molar-refractivity contribution in [1.82, 2.24) is 5.32 Å². The molecule has 0 aromatic heterocycles. The molecular weight excluding hydrogens is 521 g/mol. The smallest absolute Gasteiger partial charge is 0.383 e. The first-order valence-electron chi connectivity index (χ1n) is 11.1. The van der Waals surface area contributed by atoms with E-state index in [4.69, 9.17) is 28.4 Å². The van der Waals surface area contributed by atoms with E-state index in [2.05, 4.69) is 10.1 Å². The van der Waals surface area contributed by atoms with Gasteiger partial charge in [0.25, 0.3) is 0 Å². The van der Waals surface area contributed by atoms with Crippen molar-refractivity contribution in [3.05, 3.63) is 0 Å². The summed E-state index contributed by atoms with van der Waals surface area (Å²) in [5.74, 6) is -10.8. The van der Waals surface area contributed by atoms with Gasteiger partial charge in [0.15, 0.2) is 18.3 Å². The quantitative estimate of drug-likeness (QED) is 0.257. The molecule has 1 aliphatic rings. The maximum atomic E-state index is 16.0. The molecule has 1 fully saturated rings. The normalized spacial score (nSPS) is 26.0. The second-order valence-electron chi connectivity index (χ2n) is 8.06. The number of hydrogen-bond acceptors (Lipinski definition) is 14. The lowest BCUT2D eigenvalue weighted by atomic mass is 9.86. The summed E-state index contributed by atoms with van der Waals surface area (Å²) < 4.78 is 51.4. The molecule has 0 spiro atoms. The minimum atomic E-state index is -3.25. The summed E-state index contributed by atoms with van der Waals surface area (Å²) in [6, 6.07) is -1.75. The van der Waals surface area contributed by atoms with E-state index in [0.717, 1.165) is 48.7 Å². The van der Waals surface area contributed by atoms with Crippen LogP contribution in [0.3, 0.4) is 0 Å². The molecule has 38 heavy (non-hydrogen) atoms. The summed E-state index contributed by atoms with van der Waals surface area (Å²) >= 11 is 0. The van der Waals surface area contributed by atoms with Gasteiger partial charge in [0.05, 0.1) is 13.2 Å². The topological polar surface area (TPSA) is 196 Å². The van der Waals surface area contributed by atoms with Crippen LogP contribution in [-0.4, -0.2) is 97.9 Å². The maximum Gasteiger partial charge on any atom is 0.383 e. The Hall–Kier alpha value is -3.82. The summed E-state index contributed by atoms with van der Waals surface area (Å²) in [7, 11) is 0.811. The van der Waals surface area contributed by atoms with Crippen LogP contribution in [0.25, 0.3) is 0 Å². The number of ether oxygens (including phenoxy) is 7. The van der Waals surface area contributed by atoms with E-state index in [0.29, 0.717) is 0 Å². The van der Waals surface area contributed by atoms with Crippen LogP contribution >= 0.6 is 0 Å². The third-order valence-corrected chi connectivity index (χ3v) is 4.87. The molecule has 1 heterocycles. The Morgan fingerprint density at radius 1 is 0.868 bits per heavy atom. The lowest BCUT2D eigenvalue weighted by Crippen LogP contribution is -2.74. The number of carbonyl (C=O) groups excluding carboxylic acids is 7. The second kappa shape index (κ2) is 13.6. The number of esters is 6. The lowest BCUT2D eigenvalue weighted by Gasteiger charge is -2.49. The highest BCUT2D eigenvalue weighted by Crippen LogP contribution is 2.39. The van der Waals surface area contributed by atoms with E-state index < -0.39 is 90.7 Å². The van der Waals surface area contributed by atoms with Gasteiger partial charge in [-0.15, -0.1) is 0 Å². The number of alkyl halides is 1. The first kappa shape index (κ1) is 32.2. The van der Waals surface area contributed by atoms with E-state index in [1.54, 1.807) is 0 Å². The molecular formula is C22H30FNO14. The van der Waals surface area contributed by atoms with Crippen molar-refractivity contribution >= 4 is 41.7 Å². The fraction of sp³-hybridized carbons (Fsp3) is 0.682. The third kappa shape index (κ3) is 8.36. The highest BCUT2D eigenvalue weighted by atomic mass is 19.1. The van der Waals surface area contributed by atoms with Gasteiger partial charge in [-0.3, -0.25) is 28.8 Å². The number of methoxy groups -OCH3 is 1. The number of carbonyl (C=O) groups is 7. The van der Waals surface area contributed by atoms with Gasteiger partial charge in [-0.2, -0.15) is 0 Å². The minimum absolute atomic E-state index is 0.740. The zero-order valence-electron chi connectivity index (χ0n) is 21.8. The third-order valence-electron chi connectivity index (χ3n) is 4.87. The van der Waals surface area contributed by atoms with Crippen LogP contribution in [0.4, 0.5) is 4.39 Å². The molecule has 0 unspecified atom stereocenters. The molecule has 0 bridgehead atoms. The van der Waals surface area contributed by atoms with E-state index in [-0.39, 0.29) is 0 Å². The molecule has 1 N–H and O–H groups in total. The Morgan fingerprint density at radius 2 is 1.45 bits per heavy atom. The second-order valence-corrected chi connectivity index (χ2v) is 8.06. The fourth-order valence-corrected chi connectivity index (χ4v) is 3.71. The van der Waals surface area contributed by atoms with Crippen LogP contribution in [0.15, 0.2) is 0 Å². The first-order chi connectivity index (χ1) is 17.5. The van der Waals surface area contributed by atoms with Gasteiger partial charge in [-0.1, -0.05) is 0 Å².